The van der Waals surface area contributed by atoms with E-state index in [0.717, 1.165) is 12.2 Å². The first-order chi connectivity index (χ1) is 9.79. The Bertz CT molecular complexity index is 581. The van der Waals surface area contributed by atoms with Gasteiger partial charge in [0.25, 0.3) is 0 Å². The smallest absolute Gasteiger partial charge is 0.123 e. The Morgan fingerprint density at radius 1 is 1.10 bits per heavy atom. The lowest BCUT2D eigenvalue weighted by molar-refractivity contribution is 0.233. The zero-order valence-electron chi connectivity index (χ0n) is 11.9. The molecule has 2 atom stereocenters. The third kappa shape index (κ3) is 1.92. The summed E-state index contributed by atoms with van der Waals surface area (Å²) < 4.78 is 6.00. The molecule has 0 spiro atoms. The van der Waals surface area contributed by atoms with E-state index >= 15 is 0 Å². The summed E-state index contributed by atoms with van der Waals surface area (Å²) >= 11 is 0. The lowest BCUT2D eigenvalue weighted by Crippen LogP contribution is -2.37. The number of hydrogen-bond acceptors (Lipinski definition) is 2. The number of ether oxygens (including phenoxy) is 1. The average Bonchev–Trinajstić information content (AvgIpc) is 2.89. The van der Waals surface area contributed by atoms with E-state index in [2.05, 4.69) is 55.5 Å². The van der Waals surface area contributed by atoms with Gasteiger partial charge in [0, 0.05) is 5.56 Å². The third-order valence-electron chi connectivity index (χ3n) is 4.55. The molecule has 2 nitrogen and oxygen atoms in total. The molecule has 2 aromatic rings. The molecular weight excluding hydrogens is 246 g/mol. The lowest BCUT2D eigenvalue weighted by Gasteiger charge is -2.35. The summed E-state index contributed by atoms with van der Waals surface area (Å²) in [5, 5.41) is 0. The van der Waals surface area contributed by atoms with Crippen molar-refractivity contribution in [1.29, 1.82) is 0 Å². The molecule has 3 rings (SSSR count). The van der Waals surface area contributed by atoms with Crippen LogP contribution in [-0.2, 0) is 5.41 Å². The summed E-state index contributed by atoms with van der Waals surface area (Å²) in [5.74, 6) is 1.46. The summed E-state index contributed by atoms with van der Waals surface area (Å²) in [4.78, 5) is 0. The second kappa shape index (κ2) is 5.29. The predicted molar refractivity (Wildman–Crippen MR) is 82.0 cm³/mol. The van der Waals surface area contributed by atoms with E-state index in [1.54, 1.807) is 0 Å². The van der Waals surface area contributed by atoms with Gasteiger partial charge in [-0.3, -0.25) is 0 Å². The fourth-order valence-electron chi connectivity index (χ4n) is 3.39. The van der Waals surface area contributed by atoms with Gasteiger partial charge in [-0.25, -0.2) is 0 Å². The van der Waals surface area contributed by atoms with Crippen molar-refractivity contribution in [2.75, 3.05) is 13.2 Å². The first-order valence-corrected chi connectivity index (χ1v) is 7.27. The zero-order valence-corrected chi connectivity index (χ0v) is 11.9. The first-order valence-electron chi connectivity index (χ1n) is 7.27. The maximum Gasteiger partial charge on any atom is 0.123 e. The number of fused-ring (bicyclic) bond motifs is 1. The normalized spacial score (nSPS) is 22.1. The van der Waals surface area contributed by atoms with E-state index in [1.165, 1.54) is 11.1 Å². The molecule has 0 amide bonds. The second-order valence-electron chi connectivity index (χ2n) is 5.60. The summed E-state index contributed by atoms with van der Waals surface area (Å²) in [5.41, 5.74) is 8.36. The SMILES string of the molecule is CC(CCN)C1(c2ccccc2)COc2ccccc21. The topological polar surface area (TPSA) is 35.2 Å². The van der Waals surface area contributed by atoms with E-state index in [-0.39, 0.29) is 5.41 Å². The van der Waals surface area contributed by atoms with Crippen LogP contribution >= 0.6 is 0 Å². The summed E-state index contributed by atoms with van der Waals surface area (Å²) in [7, 11) is 0. The minimum absolute atomic E-state index is 0.0722. The molecule has 0 bridgehead atoms. The van der Waals surface area contributed by atoms with Crippen molar-refractivity contribution < 1.29 is 4.74 Å². The number of benzene rings is 2. The quantitative estimate of drug-likeness (QED) is 0.922. The Balaban J connectivity index is 2.16. The highest BCUT2D eigenvalue weighted by Crippen LogP contribution is 2.48. The van der Waals surface area contributed by atoms with Gasteiger partial charge in [0.05, 0.1) is 5.41 Å². The highest BCUT2D eigenvalue weighted by Gasteiger charge is 2.45. The van der Waals surface area contributed by atoms with Crippen LogP contribution in [0.25, 0.3) is 0 Å². The van der Waals surface area contributed by atoms with Crippen molar-refractivity contribution >= 4 is 0 Å². The molecule has 0 saturated heterocycles. The highest BCUT2D eigenvalue weighted by molar-refractivity contribution is 5.51. The molecule has 104 valence electrons. The molecule has 20 heavy (non-hydrogen) atoms. The molecular formula is C18H21NO. The minimum Gasteiger partial charge on any atom is -0.492 e. The molecule has 1 heterocycles. The maximum atomic E-state index is 6.00. The van der Waals surface area contributed by atoms with Crippen molar-refractivity contribution in [3.63, 3.8) is 0 Å². The molecule has 2 unspecified atom stereocenters. The summed E-state index contributed by atoms with van der Waals surface area (Å²) in [6.07, 6.45) is 0.993. The molecule has 1 aliphatic heterocycles. The maximum absolute atomic E-state index is 6.00. The Kier molecular flexibility index (Phi) is 3.49. The Morgan fingerprint density at radius 2 is 1.80 bits per heavy atom. The van der Waals surface area contributed by atoms with Crippen molar-refractivity contribution in [3.05, 3.63) is 65.7 Å². The molecule has 0 aliphatic carbocycles. The van der Waals surface area contributed by atoms with Crippen molar-refractivity contribution in [2.24, 2.45) is 11.7 Å². The van der Waals surface area contributed by atoms with Gasteiger partial charge >= 0.3 is 0 Å². The van der Waals surface area contributed by atoms with Crippen LogP contribution in [-0.4, -0.2) is 13.2 Å². The number of para-hydroxylation sites is 1. The average molecular weight is 267 g/mol. The van der Waals surface area contributed by atoms with E-state index < -0.39 is 0 Å². The Morgan fingerprint density at radius 3 is 2.55 bits per heavy atom. The van der Waals surface area contributed by atoms with Crippen LogP contribution in [0.15, 0.2) is 54.6 Å². The minimum atomic E-state index is -0.0722. The summed E-state index contributed by atoms with van der Waals surface area (Å²) in [6, 6.07) is 19.1. The monoisotopic (exact) mass is 267 g/mol. The lowest BCUT2D eigenvalue weighted by atomic mass is 9.66. The van der Waals surface area contributed by atoms with Crippen LogP contribution in [0.1, 0.15) is 24.5 Å². The van der Waals surface area contributed by atoms with Crippen LogP contribution in [0.3, 0.4) is 0 Å². The predicted octanol–water partition coefficient (Wildman–Crippen LogP) is 3.35. The first kappa shape index (κ1) is 13.2. The van der Waals surface area contributed by atoms with Gasteiger partial charge in [-0.15, -0.1) is 0 Å². The zero-order chi connectivity index (χ0) is 14.0. The molecule has 1 aliphatic rings. The van der Waals surface area contributed by atoms with Gasteiger partial charge in [-0.2, -0.15) is 0 Å². The molecule has 2 aromatic carbocycles. The van der Waals surface area contributed by atoms with Crippen LogP contribution in [0.5, 0.6) is 5.75 Å². The van der Waals surface area contributed by atoms with Gasteiger partial charge in [-0.05, 0) is 30.5 Å². The van der Waals surface area contributed by atoms with E-state index in [1.807, 2.05) is 6.07 Å². The molecule has 0 fully saturated rings. The van der Waals surface area contributed by atoms with Gasteiger partial charge < -0.3 is 10.5 Å². The van der Waals surface area contributed by atoms with Crippen molar-refractivity contribution in [1.82, 2.24) is 0 Å². The molecule has 0 aromatic heterocycles. The fraction of sp³-hybridized carbons (Fsp3) is 0.333. The van der Waals surface area contributed by atoms with Gasteiger partial charge in [-0.1, -0.05) is 55.5 Å². The van der Waals surface area contributed by atoms with Gasteiger partial charge in [0.15, 0.2) is 0 Å². The number of nitrogens with two attached hydrogens (primary N) is 1. The standard InChI is InChI=1S/C18H21NO/c1-14(11-12-19)18(15-7-3-2-4-8-15)13-20-17-10-6-5-9-16(17)18/h2-10,14H,11-13,19H2,1H3. The highest BCUT2D eigenvalue weighted by atomic mass is 16.5. The fourth-order valence-corrected chi connectivity index (χ4v) is 3.39. The molecule has 2 heteroatoms. The van der Waals surface area contributed by atoms with Crippen LogP contribution in [0, 0.1) is 5.92 Å². The number of rotatable bonds is 4. The van der Waals surface area contributed by atoms with Crippen LogP contribution in [0.2, 0.25) is 0 Å². The van der Waals surface area contributed by atoms with Gasteiger partial charge in [0.1, 0.15) is 12.4 Å². The van der Waals surface area contributed by atoms with E-state index in [4.69, 9.17) is 10.5 Å². The van der Waals surface area contributed by atoms with Crippen molar-refractivity contribution in [3.8, 4) is 5.75 Å². The van der Waals surface area contributed by atoms with Crippen molar-refractivity contribution in [2.45, 2.75) is 18.8 Å². The Hall–Kier alpha value is -1.80. The summed E-state index contributed by atoms with van der Waals surface area (Å²) in [6.45, 7) is 3.70. The Labute approximate surface area is 120 Å². The van der Waals surface area contributed by atoms with E-state index in [9.17, 15) is 0 Å². The molecule has 2 N–H and O–H groups in total. The second-order valence-corrected chi connectivity index (χ2v) is 5.60. The van der Waals surface area contributed by atoms with Crippen LogP contribution in [0.4, 0.5) is 0 Å². The number of hydrogen-bond donors (Lipinski definition) is 1. The largest absolute Gasteiger partial charge is 0.492 e. The van der Waals surface area contributed by atoms with Gasteiger partial charge in [0.2, 0.25) is 0 Å². The third-order valence-corrected chi connectivity index (χ3v) is 4.55. The molecule has 0 radical (unpaired) electrons. The molecule has 0 saturated carbocycles. The van der Waals surface area contributed by atoms with Crippen LogP contribution < -0.4 is 10.5 Å². The van der Waals surface area contributed by atoms with E-state index in [0.29, 0.717) is 19.1 Å².